The number of nitrogens with zero attached hydrogens (tertiary/aromatic N) is 3. The van der Waals surface area contributed by atoms with Crippen LogP contribution in [0.5, 0.6) is 0 Å². The van der Waals surface area contributed by atoms with Gasteiger partial charge in [0.25, 0.3) is 0 Å². The summed E-state index contributed by atoms with van der Waals surface area (Å²) in [6, 6.07) is 0. The van der Waals surface area contributed by atoms with Crippen molar-refractivity contribution >= 4 is 41.0 Å². The van der Waals surface area contributed by atoms with Gasteiger partial charge >= 0.3 is 59.1 Å². The standard InChI is InChI=1S/C16H27N3S2.C2H2O4.2Na/c1-3-4-5-6-7-8-12-20-16-15(17-21-18-16)14-10-9-11-19(2)13-14;3-1(4)2(5)6;;/h10H,3-9,11-13H2,1-2H3;(H,3,4)(H,5,6);;/q;;2*+1/p-2. The van der Waals surface area contributed by atoms with Gasteiger partial charge < -0.3 is 24.7 Å². The molecular weight excluding hydrogens is 432 g/mol. The maximum absolute atomic E-state index is 8.93. The van der Waals surface area contributed by atoms with E-state index in [9.17, 15) is 0 Å². The van der Waals surface area contributed by atoms with E-state index in [1.165, 1.54) is 61.6 Å². The van der Waals surface area contributed by atoms with Crippen LogP contribution < -0.4 is 69.3 Å². The minimum absolute atomic E-state index is 0. The smallest absolute Gasteiger partial charge is 0.543 e. The number of carbonyl (C=O) groups is 2. The summed E-state index contributed by atoms with van der Waals surface area (Å²) in [5.41, 5.74) is 2.51. The molecule has 29 heavy (non-hydrogen) atoms. The molecule has 1 aliphatic rings. The van der Waals surface area contributed by atoms with Crippen LogP contribution in [-0.2, 0) is 9.59 Å². The molecule has 2 rings (SSSR count). The molecule has 0 amide bonds. The van der Waals surface area contributed by atoms with Crippen LogP contribution >= 0.6 is 23.5 Å². The Kier molecular flexibility index (Phi) is 21.1. The molecule has 1 aromatic rings. The van der Waals surface area contributed by atoms with Gasteiger partial charge in [0.2, 0.25) is 0 Å². The van der Waals surface area contributed by atoms with E-state index in [0.717, 1.165) is 30.2 Å². The molecule has 0 saturated heterocycles. The molecule has 0 aromatic carbocycles. The van der Waals surface area contributed by atoms with Crippen LogP contribution in [0.1, 0.15) is 57.6 Å². The second-order valence-electron chi connectivity index (χ2n) is 6.36. The summed E-state index contributed by atoms with van der Waals surface area (Å²) in [4.78, 5) is 20.2. The van der Waals surface area contributed by atoms with Gasteiger partial charge in [0.05, 0.1) is 23.7 Å². The molecule has 0 unspecified atom stereocenters. The zero-order chi connectivity index (χ0) is 20.1. The third kappa shape index (κ3) is 14.3. The first-order valence-corrected chi connectivity index (χ1v) is 10.9. The number of aromatic nitrogens is 2. The summed E-state index contributed by atoms with van der Waals surface area (Å²) in [7, 11) is 2.18. The molecule has 11 heteroatoms. The quantitative estimate of drug-likeness (QED) is 0.157. The fraction of sp³-hybridized carbons (Fsp3) is 0.667. The number of carboxylic acid groups (broad SMARTS) is 2. The molecule has 1 aliphatic heterocycles. The molecule has 152 valence electrons. The van der Waals surface area contributed by atoms with E-state index in [4.69, 9.17) is 19.8 Å². The number of aliphatic carboxylic acids is 2. The van der Waals surface area contributed by atoms with Crippen molar-refractivity contribution in [3.63, 3.8) is 0 Å². The van der Waals surface area contributed by atoms with Crippen molar-refractivity contribution in [2.45, 2.75) is 56.9 Å². The van der Waals surface area contributed by atoms with Crippen LogP contribution in [-0.4, -0.2) is 51.5 Å². The zero-order valence-corrected chi connectivity index (χ0v) is 23.6. The van der Waals surface area contributed by atoms with E-state index in [1.807, 2.05) is 11.8 Å². The molecule has 0 fully saturated rings. The molecule has 0 aliphatic carbocycles. The number of rotatable bonds is 9. The molecule has 0 radical (unpaired) electrons. The second kappa shape index (κ2) is 19.3. The number of likely N-dealkylation sites (N-methyl/N-ethyl adjacent to an activating group) is 1. The van der Waals surface area contributed by atoms with Crippen LogP contribution in [0.15, 0.2) is 11.1 Å². The van der Waals surface area contributed by atoms with E-state index in [-0.39, 0.29) is 59.1 Å². The number of carboxylic acids is 2. The van der Waals surface area contributed by atoms with Gasteiger partial charge in [0, 0.05) is 13.1 Å². The molecule has 0 N–H and O–H groups in total. The van der Waals surface area contributed by atoms with Crippen molar-refractivity contribution in [1.29, 1.82) is 0 Å². The Hall–Kier alpha value is 0.550. The van der Waals surface area contributed by atoms with Gasteiger partial charge in [-0.2, -0.15) is 8.75 Å². The Balaban J connectivity index is 0. The fourth-order valence-corrected chi connectivity index (χ4v) is 4.30. The monoisotopic (exact) mass is 459 g/mol. The van der Waals surface area contributed by atoms with Gasteiger partial charge in [0.1, 0.15) is 10.7 Å². The van der Waals surface area contributed by atoms with E-state index in [0.29, 0.717) is 0 Å². The number of hydrogen-bond acceptors (Lipinski definition) is 9. The maximum Gasteiger partial charge on any atom is 1.00 e. The maximum atomic E-state index is 8.93. The third-order valence-electron chi connectivity index (χ3n) is 4.01. The third-order valence-corrected chi connectivity index (χ3v) is 5.70. The number of unbranched alkanes of at least 4 members (excludes halogenated alkanes) is 5. The first-order valence-electron chi connectivity index (χ1n) is 9.21. The van der Waals surface area contributed by atoms with Gasteiger partial charge in [-0.1, -0.05) is 45.1 Å². The summed E-state index contributed by atoms with van der Waals surface area (Å²) in [5, 5.41) is 19.0. The minimum atomic E-state index is -2.19. The van der Waals surface area contributed by atoms with Crippen molar-refractivity contribution < 1.29 is 78.9 Å². The molecule has 0 saturated carbocycles. The van der Waals surface area contributed by atoms with E-state index < -0.39 is 11.9 Å². The second-order valence-corrected chi connectivity index (χ2v) is 7.98. The SMILES string of the molecule is CCCCCCCCSc1nsnc1C1=CCCN(C)C1.O=C([O-])C(=O)[O-].[Na+].[Na+]. The van der Waals surface area contributed by atoms with Crippen molar-refractivity contribution in [3.8, 4) is 0 Å². The zero-order valence-electron chi connectivity index (χ0n) is 17.9. The topological polar surface area (TPSA) is 109 Å². The first kappa shape index (κ1) is 31.7. The molecular formula is C18H27N3Na2O4S2. The molecule has 1 aromatic heterocycles. The van der Waals surface area contributed by atoms with Crippen molar-refractivity contribution in [3.05, 3.63) is 11.8 Å². The van der Waals surface area contributed by atoms with Crippen LogP contribution in [0.4, 0.5) is 0 Å². The van der Waals surface area contributed by atoms with Crippen LogP contribution in [0.3, 0.4) is 0 Å². The van der Waals surface area contributed by atoms with Crippen molar-refractivity contribution in [2.24, 2.45) is 0 Å². The van der Waals surface area contributed by atoms with Crippen LogP contribution in [0, 0.1) is 0 Å². The predicted molar refractivity (Wildman–Crippen MR) is 104 cm³/mol. The molecule has 2 heterocycles. The van der Waals surface area contributed by atoms with Gasteiger partial charge in [-0.05, 0) is 31.2 Å². The average molecular weight is 460 g/mol. The molecule has 0 bridgehead atoms. The largest absolute Gasteiger partial charge is 1.00 e. The summed E-state index contributed by atoms with van der Waals surface area (Å²) < 4.78 is 9.03. The van der Waals surface area contributed by atoms with E-state index in [1.54, 1.807) is 0 Å². The average Bonchev–Trinajstić information content (AvgIpc) is 3.10. The van der Waals surface area contributed by atoms with E-state index in [2.05, 4.69) is 33.7 Å². The molecule has 0 spiro atoms. The Labute approximate surface area is 226 Å². The summed E-state index contributed by atoms with van der Waals surface area (Å²) in [6.07, 6.45) is 11.6. The Morgan fingerprint density at radius 1 is 1.10 bits per heavy atom. The van der Waals surface area contributed by atoms with Crippen molar-refractivity contribution in [2.75, 3.05) is 25.9 Å². The Bertz CT molecular complexity index is 618. The predicted octanol–water partition coefficient (Wildman–Crippen LogP) is -4.80. The Morgan fingerprint density at radius 3 is 2.31 bits per heavy atom. The first-order chi connectivity index (χ1) is 13.0. The van der Waals surface area contributed by atoms with E-state index >= 15 is 0 Å². The molecule has 7 nitrogen and oxygen atoms in total. The fourth-order valence-electron chi connectivity index (χ4n) is 2.59. The van der Waals surface area contributed by atoms with Crippen LogP contribution in [0.2, 0.25) is 0 Å². The summed E-state index contributed by atoms with van der Waals surface area (Å²) >= 11 is 3.25. The number of hydrogen-bond donors (Lipinski definition) is 0. The van der Waals surface area contributed by atoms with Gasteiger partial charge in [-0.25, -0.2) is 0 Å². The van der Waals surface area contributed by atoms with Gasteiger partial charge in [0.15, 0.2) is 0 Å². The van der Waals surface area contributed by atoms with Gasteiger partial charge in [-0.3, -0.25) is 0 Å². The Morgan fingerprint density at radius 2 is 1.72 bits per heavy atom. The minimum Gasteiger partial charge on any atom is -0.543 e. The normalized spacial score (nSPS) is 13.2. The van der Waals surface area contributed by atoms with Gasteiger partial charge in [-0.15, -0.1) is 11.8 Å². The molecule has 0 atom stereocenters. The van der Waals surface area contributed by atoms with Crippen molar-refractivity contribution in [1.82, 2.24) is 13.6 Å². The number of carbonyl (C=O) groups excluding carboxylic acids is 2. The number of thioether (sulfide) groups is 1. The summed E-state index contributed by atoms with van der Waals surface area (Å²) in [5.74, 6) is -3.20. The summed E-state index contributed by atoms with van der Waals surface area (Å²) in [6.45, 7) is 4.43. The van der Waals surface area contributed by atoms with Crippen LogP contribution in [0.25, 0.3) is 5.57 Å².